The van der Waals surface area contributed by atoms with Gasteiger partial charge in [0, 0.05) is 12.8 Å². The van der Waals surface area contributed by atoms with E-state index in [0.717, 1.165) is 12.0 Å². The molecule has 0 heterocycles. The summed E-state index contributed by atoms with van der Waals surface area (Å²) in [5, 5.41) is 0. The molecule has 1 aliphatic carbocycles. The Bertz CT molecular complexity index is 437. The molecule has 0 amide bonds. The maximum Gasteiger partial charge on any atom is 0.338 e. The number of ketones is 1. The van der Waals surface area contributed by atoms with Crippen molar-refractivity contribution in [3.05, 3.63) is 35.4 Å². The highest BCUT2D eigenvalue weighted by molar-refractivity contribution is 5.92. The first-order chi connectivity index (χ1) is 8.22. The lowest BCUT2D eigenvalue weighted by Gasteiger charge is -2.13. The van der Waals surface area contributed by atoms with Gasteiger partial charge in [-0.15, -0.1) is 0 Å². The van der Waals surface area contributed by atoms with Crippen LogP contribution in [-0.4, -0.2) is 18.4 Å². The molecule has 1 saturated carbocycles. The van der Waals surface area contributed by atoms with Gasteiger partial charge in [0.2, 0.25) is 0 Å². The number of hydrogen-bond acceptors (Lipinski definition) is 3. The monoisotopic (exact) mass is 232 g/mol. The molecule has 3 nitrogen and oxygen atoms in total. The quantitative estimate of drug-likeness (QED) is 0.752. The van der Waals surface area contributed by atoms with Crippen LogP contribution in [0.1, 0.15) is 48.0 Å². The Morgan fingerprint density at radius 3 is 2.82 bits per heavy atom. The number of benzene rings is 1. The van der Waals surface area contributed by atoms with Crippen molar-refractivity contribution < 1.29 is 14.3 Å². The normalized spacial score (nSPS) is 19.4. The Morgan fingerprint density at radius 2 is 2.18 bits per heavy atom. The van der Waals surface area contributed by atoms with E-state index in [9.17, 15) is 9.59 Å². The molecule has 1 aliphatic rings. The standard InChI is InChI=1S/C14H16O3/c1-2-17-14(16)13-6-4-3-5-12(13)10-7-8-11(15)9-10/h3-6,10H,2,7-9H2,1H3/t10-/m1/s1. The summed E-state index contributed by atoms with van der Waals surface area (Å²) in [6, 6.07) is 7.43. The second kappa shape index (κ2) is 5.13. The molecule has 0 spiro atoms. The molecule has 3 heteroatoms. The minimum Gasteiger partial charge on any atom is -0.462 e. The number of Topliss-reactive ketones (excluding diaryl/α,β-unsaturated/α-hetero) is 1. The average molecular weight is 232 g/mol. The molecule has 0 bridgehead atoms. The Morgan fingerprint density at radius 1 is 1.41 bits per heavy atom. The zero-order chi connectivity index (χ0) is 12.3. The maximum absolute atomic E-state index is 11.8. The van der Waals surface area contributed by atoms with Crippen molar-refractivity contribution in [1.29, 1.82) is 0 Å². The van der Waals surface area contributed by atoms with E-state index in [-0.39, 0.29) is 17.7 Å². The number of hydrogen-bond donors (Lipinski definition) is 0. The molecule has 0 unspecified atom stereocenters. The summed E-state index contributed by atoms with van der Waals surface area (Å²) in [6.45, 7) is 2.16. The van der Waals surface area contributed by atoms with E-state index in [4.69, 9.17) is 4.74 Å². The van der Waals surface area contributed by atoms with Gasteiger partial charge in [0.05, 0.1) is 12.2 Å². The van der Waals surface area contributed by atoms with Crippen molar-refractivity contribution in [3.8, 4) is 0 Å². The molecule has 0 N–H and O–H groups in total. The lowest BCUT2D eigenvalue weighted by molar-refractivity contribution is -0.117. The first kappa shape index (κ1) is 11.8. The van der Waals surface area contributed by atoms with Crippen molar-refractivity contribution in [2.24, 2.45) is 0 Å². The van der Waals surface area contributed by atoms with Gasteiger partial charge >= 0.3 is 5.97 Å². The van der Waals surface area contributed by atoms with Gasteiger partial charge in [-0.05, 0) is 30.9 Å². The number of esters is 1. The molecule has 0 aromatic heterocycles. The van der Waals surface area contributed by atoms with Crippen LogP contribution < -0.4 is 0 Å². The highest BCUT2D eigenvalue weighted by atomic mass is 16.5. The summed E-state index contributed by atoms with van der Waals surface area (Å²) in [6.07, 6.45) is 2.02. The summed E-state index contributed by atoms with van der Waals surface area (Å²) >= 11 is 0. The van der Waals surface area contributed by atoms with Crippen LogP contribution in [-0.2, 0) is 9.53 Å². The topological polar surface area (TPSA) is 43.4 Å². The van der Waals surface area contributed by atoms with Crippen LogP contribution in [0.3, 0.4) is 0 Å². The molecule has 2 rings (SSSR count). The van der Waals surface area contributed by atoms with Gasteiger partial charge in [0.1, 0.15) is 5.78 Å². The predicted octanol–water partition coefficient (Wildman–Crippen LogP) is 2.70. The van der Waals surface area contributed by atoms with E-state index >= 15 is 0 Å². The molecule has 1 atom stereocenters. The van der Waals surface area contributed by atoms with Crippen molar-refractivity contribution >= 4 is 11.8 Å². The molecule has 90 valence electrons. The largest absolute Gasteiger partial charge is 0.462 e. The maximum atomic E-state index is 11.8. The first-order valence-corrected chi connectivity index (χ1v) is 6.00. The number of ether oxygens (including phenoxy) is 1. The van der Waals surface area contributed by atoms with Crippen LogP contribution in [0.25, 0.3) is 0 Å². The third kappa shape index (κ3) is 2.54. The lowest BCUT2D eigenvalue weighted by Crippen LogP contribution is -2.10. The highest BCUT2D eigenvalue weighted by Crippen LogP contribution is 2.34. The Labute approximate surface area is 101 Å². The summed E-state index contributed by atoms with van der Waals surface area (Å²) in [5.41, 5.74) is 1.56. The summed E-state index contributed by atoms with van der Waals surface area (Å²) < 4.78 is 5.03. The second-order valence-electron chi connectivity index (χ2n) is 4.29. The Hall–Kier alpha value is -1.64. The van der Waals surface area contributed by atoms with E-state index in [0.29, 0.717) is 25.0 Å². The minimum absolute atomic E-state index is 0.183. The Kier molecular flexibility index (Phi) is 3.57. The smallest absolute Gasteiger partial charge is 0.338 e. The molecular formula is C14H16O3. The molecule has 0 saturated heterocycles. The van der Waals surface area contributed by atoms with Gasteiger partial charge < -0.3 is 4.74 Å². The highest BCUT2D eigenvalue weighted by Gasteiger charge is 2.27. The van der Waals surface area contributed by atoms with Crippen LogP contribution in [0.5, 0.6) is 0 Å². The summed E-state index contributed by atoms with van der Waals surface area (Å²) in [4.78, 5) is 23.1. The van der Waals surface area contributed by atoms with E-state index < -0.39 is 0 Å². The summed E-state index contributed by atoms with van der Waals surface area (Å²) in [5.74, 6) is 0.180. The predicted molar refractivity (Wildman–Crippen MR) is 64.0 cm³/mol. The molecule has 1 fully saturated rings. The SMILES string of the molecule is CCOC(=O)c1ccccc1[C@@H]1CCC(=O)C1. The van der Waals surface area contributed by atoms with Gasteiger partial charge in [-0.25, -0.2) is 4.79 Å². The van der Waals surface area contributed by atoms with Crippen LogP contribution in [0.15, 0.2) is 24.3 Å². The first-order valence-electron chi connectivity index (χ1n) is 6.00. The fraction of sp³-hybridized carbons (Fsp3) is 0.429. The zero-order valence-electron chi connectivity index (χ0n) is 9.94. The average Bonchev–Trinajstić information content (AvgIpc) is 2.76. The summed E-state index contributed by atoms with van der Waals surface area (Å²) in [7, 11) is 0. The molecule has 0 aliphatic heterocycles. The third-order valence-corrected chi connectivity index (χ3v) is 3.14. The van der Waals surface area contributed by atoms with E-state index in [1.807, 2.05) is 18.2 Å². The Balaban J connectivity index is 2.27. The lowest BCUT2D eigenvalue weighted by atomic mass is 9.93. The molecule has 1 aromatic carbocycles. The fourth-order valence-corrected chi connectivity index (χ4v) is 2.33. The minimum atomic E-state index is -0.289. The molecule has 1 aromatic rings. The molecular weight excluding hydrogens is 216 g/mol. The van der Waals surface area contributed by atoms with E-state index in [2.05, 4.69) is 0 Å². The van der Waals surface area contributed by atoms with E-state index in [1.54, 1.807) is 13.0 Å². The van der Waals surface area contributed by atoms with Gasteiger partial charge in [-0.1, -0.05) is 18.2 Å². The molecule has 0 radical (unpaired) electrons. The zero-order valence-corrected chi connectivity index (χ0v) is 9.94. The molecule has 17 heavy (non-hydrogen) atoms. The van der Waals surface area contributed by atoms with Crippen molar-refractivity contribution in [2.45, 2.75) is 32.1 Å². The van der Waals surface area contributed by atoms with Gasteiger partial charge in [0.25, 0.3) is 0 Å². The van der Waals surface area contributed by atoms with Crippen LogP contribution in [0.2, 0.25) is 0 Å². The van der Waals surface area contributed by atoms with Crippen LogP contribution in [0, 0.1) is 0 Å². The number of carbonyl (C=O) groups excluding carboxylic acids is 2. The number of rotatable bonds is 3. The fourth-order valence-electron chi connectivity index (χ4n) is 2.33. The van der Waals surface area contributed by atoms with Crippen LogP contribution >= 0.6 is 0 Å². The van der Waals surface area contributed by atoms with Crippen molar-refractivity contribution in [3.63, 3.8) is 0 Å². The second-order valence-corrected chi connectivity index (χ2v) is 4.29. The van der Waals surface area contributed by atoms with E-state index in [1.165, 1.54) is 0 Å². The van der Waals surface area contributed by atoms with Gasteiger partial charge in [-0.2, -0.15) is 0 Å². The number of carbonyl (C=O) groups is 2. The van der Waals surface area contributed by atoms with Crippen LogP contribution in [0.4, 0.5) is 0 Å². The van der Waals surface area contributed by atoms with Gasteiger partial charge in [-0.3, -0.25) is 4.79 Å². The third-order valence-electron chi connectivity index (χ3n) is 3.14. The van der Waals surface area contributed by atoms with Gasteiger partial charge in [0.15, 0.2) is 0 Å². The van der Waals surface area contributed by atoms with Crippen molar-refractivity contribution in [1.82, 2.24) is 0 Å². The van der Waals surface area contributed by atoms with Crippen molar-refractivity contribution in [2.75, 3.05) is 6.61 Å².